The molecule has 1 amide bonds. The number of carbonyl (C=O) groups is 2. The van der Waals surface area contributed by atoms with E-state index < -0.39 is 5.97 Å². The maximum Gasteiger partial charge on any atom is 0.305 e. The van der Waals surface area contributed by atoms with Crippen molar-refractivity contribution in [2.24, 2.45) is 0 Å². The second-order valence-corrected chi connectivity index (χ2v) is 4.65. The van der Waals surface area contributed by atoms with Crippen molar-refractivity contribution in [3.63, 3.8) is 0 Å². The number of nitrogens with one attached hydrogen (secondary N) is 1. The SMILES string of the molecule is O=C(O)CCNC(=O)COc1ccc(Cl)cc1Br. The number of benzene rings is 1. The third-order valence-corrected chi connectivity index (χ3v) is 2.77. The van der Waals surface area contributed by atoms with Crippen molar-refractivity contribution in [2.45, 2.75) is 6.42 Å². The molecule has 1 rings (SSSR count). The molecule has 98 valence electrons. The highest BCUT2D eigenvalue weighted by Gasteiger charge is 2.06. The minimum Gasteiger partial charge on any atom is -0.483 e. The van der Waals surface area contributed by atoms with Crippen molar-refractivity contribution >= 4 is 39.4 Å². The van der Waals surface area contributed by atoms with Crippen LogP contribution < -0.4 is 10.1 Å². The number of carbonyl (C=O) groups excluding carboxylic acids is 1. The van der Waals surface area contributed by atoms with Crippen LogP contribution in [0.4, 0.5) is 0 Å². The van der Waals surface area contributed by atoms with E-state index in [1.54, 1.807) is 18.2 Å². The van der Waals surface area contributed by atoms with Crippen LogP contribution in [0.3, 0.4) is 0 Å². The van der Waals surface area contributed by atoms with Gasteiger partial charge < -0.3 is 15.2 Å². The van der Waals surface area contributed by atoms with E-state index in [1.165, 1.54) is 0 Å². The van der Waals surface area contributed by atoms with Gasteiger partial charge in [-0.05, 0) is 34.1 Å². The summed E-state index contributed by atoms with van der Waals surface area (Å²) in [7, 11) is 0. The van der Waals surface area contributed by atoms with Crippen LogP contribution in [0.15, 0.2) is 22.7 Å². The Balaban J connectivity index is 2.36. The molecule has 0 aromatic heterocycles. The Morgan fingerprint density at radius 2 is 2.17 bits per heavy atom. The van der Waals surface area contributed by atoms with Gasteiger partial charge in [0.25, 0.3) is 5.91 Å². The van der Waals surface area contributed by atoms with E-state index >= 15 is 0 Å². The zero-order valence-electron chi connectivity index (χ0n) is 9.28. The highest BCUT2D eigenvalue weighted by molar-refractivity contribution is 9.10. The highest BCUT2D eigenvalue weighted by Crippen LogP contribution is 2.27. The van der Waals surface area contributed by atoms with Crippen molar-refractivity contribution in [1.82, 2.24) is 5.32 Å². The van der Waals surface area contributed by atoms with Gasteiger partial charge in [0.1, 0.15) is 5.75 Å². The van der Waals surface area contributed by atoms with Crippen molar-refractivity contribution in [2.75, 3.05) is 13.2 Å². The molecule has 7 heteroatoms. The lowest BCUT2D eigenvalue weighted by molar-refractivity contribution is -0.137. The molecule has 0 aliphatic carbocycles. The van der Waals surface area contributed by atoms with Gasteiger partial charge in [-0.2, -0.15) is 0 Å². The van der Waals surface area contributed by atoms with Gasteiger partial charge in [0.05, 0.1) is 10.9 Å². The van der Waals surface area contributed by atoms with E-state index in [4.69, 9.17) is 21.4 Å². The van der Waals surface area contributed by atoms with Crippen LogP contribution in [0.25, 0.3) is 0 Å². The Hall–Kier alpha value is -1.27. The fourth-order valence-electron chi connectivity index (χ4n) is 1.10. The second kappa shape index (κ2) is 7.23. The standard InChI is InChI=1S/C11H11BrClNO4/c12-8-5-7(13)1-2-9(8)18-6-10(15)14-4-3-11(16)17/h1-2,5H,3-4,6H2,(H,14,15)(H,16,17). The molecule has 2 N–H and O–H groups in total. The van der Waals surface area contributed by atoms with Gasteiger partial charge >= 0.3 is 5.97 Å². The van der Waals surface area contributed by atoms with Crippen LogP contribution in [0.1, 0.15) is 6.42 Å². The van der Waals surface area contributed by atoms with E-state index in [1.807, 2.05) is 0 Å². The maximum absolute atomic E-state index is 11.3. The molecular weight excluding hydrogens is 325 g/mol. The predicted octanol–water partition coefficient (Wildman–Crippen LogP) is 2.07. The lowest BCUT2D eigenvalue weighted by Gasteiger charge is -2.08. The molecular formula is C11H11BrClNO4. The number of amides is 1. The Labute approximate surface area is 117 Å². The smallest absolute Gasteiger partial charge is 0.305 e. The molecule has 5 nitrogen and oxygen atoms in total. The maximum atomic E-state index is 11.3. The second-order valence-electron chi connectivity index (χ2n) is 3.36. The summed E-state index contributed by atoms with van der Waals surface area (Å²) in [6.07, 6.45) is -0.115. The summed E-state index contributed by atoms with van der Waals surface area (Å²) in [5.74, 6) is -0.845. The van der Waals surface area contributed by atoms with Gasteiger partial charge in [-0.1, -0.05) is 11.6 Å². The van der Waals surface area contributed by atoms with Crippen molar-refractivity contribution in [3.8, 4) is 5.75 Å². The number of aliphatic carboxylic acids is 1. The number of carboxylic acid groups (broad SMARTS) is 1. The molecule has 0 aliphatic heterocycles. The molecule has 1 aromatic carbocycles. The van der Waals surface area contributed by atoms with E-state index in [9.17, 15) is 9.59 Å². The van der Waals surface area contributed by atoms with Crippen LogP contribution in [0.2, 0.25) is 5.02 Å². The Bertz CT molecular complexity index is 453. The molecule has 18 heavy (non-hydrogen) atoms. The average Bonchev–Trinajstić information content (AvgIpc) is 2.27. The molecule has 0 unspecified atom stereocenters. The number of hydrogen-bond acceptors (Lipinski definition) is 3. The minimum absolute atomic E-state index is 0.0827. The summed E-state index contributed by atoms with van der Waals surface area (Å²) in [5, 5.41) is 11.4. The molecule has 0 heterocycles. The lowest BCUT2D eigenvalue weighted by Crippen LogP contribution is -2.30. The molecule has 0 bridgehead atoms. The summed E-state index contributed by atoms with van der Waals surface area (Å²) >= 11 is 9.01. The van der Waals surface area contributed by atoms with Crippen LogP contribution >= 0.6 is 27.5 Å². The van der Waals surface area contributed by atoms with Crippen molar-refractivity contribution < 1.29 is 19.4 Å². The topological polar surface area (TPSA) is 75.6 Å². The molecule has 1 aromatic rings. The van der Waals surface area contributed by atoms with Gasteiger partial charge in [-0.15, -0.1) is 0 Å². The predicted molar refractivity (Wildman–Crippen MR) is 69.9 cm³/mol. The normalized spacial score (nSPS) is 9.89. The first kappa shape index (κ1) is 14.8. The molecule has 0 aliphatic rings. The quantitative estimate of drug-likeness (QED) is 0.834. The number of halogens is 2. The van der Waals surface area contributed by atoms with Crippen LogP contribution in [-0.2, 0) is 9.59 Å². The fourth-order valence-corrected chi connectivity index (χ4v) is 1.89. The highest BCUT2D eigenvalue weighted by atomic mass is 79.9. The van der Waals surface area contributed by atoms with Gasteiger partial charge in [0.2, 0.25) is 0 Å². The van der Waals surface area contributed by atoms with Crippen LogP contribution in [-0.4, -0.2) is 30.1 Å². The number of rotatable bonds is 6. The monoisotopic (exact) mass is 335 g/mol. The number of ether oxygens (including phenoxy) is 1. The average molecular weight is 337 g/mol. The zero-order chi connectivity index (χ0) is 13.5. The molecule has 0 spiro atoms. The van der Waals surface area contributed by atoms with Crippen LogP contribution in [0, 0.1) is 0 Å². The Morgan fingerprint density at radius 3 is 2.78 bits per heavy atom. The van der Waals surface area contributed by atoms with Gasteiger partial charge in [0, 0.05) is 11.6 Å². The minimum atomic E-state index is -0.961. The fraction of sp³-hybridized carbons (Fsp3) is 0.273. The molecule has 0 radical (unpaired) electrons. The van der Waals surface area contributed by atoms with Gasteiger partial charge in [-0.3, -0.25) is 9.59 Å². The number of hydrogen-bond donors (Lipinski definition) is 2. The van der Waals surface area contributed by atoms with Crippen LogP contribution in [0.5, 0.6) is 5.75 Å². The van der Waals surface area contributed by atoms with Crippen molar-refractivity contribution in [1.29, 1.82) is 0 Å². The summed E-state index contributed by atoms with van der Waals surface area (Å²) in [4.78, 5) is 21.5. The third-order valence-electron chi connectivity index (χ3n) is 1.91. The van der Waals surface area contributed by atoms with Gasteiger partial charge in [-0.25, -0.2) is 0 Å². The van der Waals surface area contributed by atoms with E-state index in [2.05, 4.69) is 21.2 Å². The van der Waals surface area contributed by atoms with E-state index in [-0.39, 0.29) is 25.5 Å². The summed E-state index contributed by atoms with van der Waals surface area (Å²) in [5.41, 5.74) is 0. The van der Waals surface area contributed by atoms with E-state index in [0.29, 0.717) is 15.2 Å². The summed E-state index contributed by atoms with van der Waals surface area (Å²) < 4.78 is 5.89. The first-order chi connectivity index (χ1) is 8.49. The third kappa shape index (κ3) is 5.37. The number of carboxylic acids is 1. The largest absolute Gasteiger partial charge is 0.483 e. The summed E-state index contributed by atoms with van der Waals surface area (Å²) in [6.45, 7) is -0.0981. The Kier molecular flexibility index (Phi) is 5.94. The van der Waals surface area contributed by atoms with Gasteiger partial charge in [0.15, 0.2) is 6.61 Å². The van der Waals surface area contributed by atoms with E-state index in [0.717, 1.165) is 0 Å². The van der Waals surface area contributed by atoms with Crippen molar-refractivity contribution in [3.05, 3.63) is 27.7 Å². The lowest BCUT2D eigenvalue weighted by atomic mass is 10.3. The summed E-state index contributed by atoms with van der Waals surface area (Å²) in [6, 6.07) is 4.93. The zero-order valence-corrected chi connectivity index (χ0v) is 11.6. The molecule has 0 fully saturated rings. The first-order valence-corrected chi connectivity index (χ1v) is 6.22. The first-order valence-electron chi connectivity index (χ1n) is 5.05. The molecule has 0 atom stereocenters. The Morgan fingerprint density at radius 1 is 1.44 bits per heavy atom. The molecule has 0 saturated heterocycles. The molecule has 0 saturated carbocycles.